The zero-order valence-corrected chi connectivity index (χ0v) is 25.2. The number of unbranched alkanes of at least 4 members (excludes halogenated alkanes) is 1. The van der Waals surface area contributed by atoms with Crippen LogP contribution in [0.25, 0.3) is 16.3 Å². The third-order valence-corrected chi connectivity index (χ3v) is 9.82. The van der Waals surface area contributed by atoms with E-state index in [1.807, 2.05) is 6.08 Å². The van der Waals surface area contributed by atoms with E-state index in [9.17, 15) is 0 Å². The molecule has 2 atom stereocenters. The van der Waals surface area contributed by atoms with Gasteiger partial charge in [-0.1, -0.05) is 118 Å². The fourth-order valence-electron chi connectivity index (χ4n) is 7.87. The molecule has 2 unspecified atom stereocenters. The molecule has 0 aromatic heterocycles. The maximum Gasteiger partial charge on any atom is 0.00302 e. The van der Waals surface area contributed by atoms with Crippen molar-refractivity contribution in [3.8, 4) is 0 Å². The second kappa shape index (κ2) is 12.6. The SMILES string of the molecule is C=CC=C1CC(c2ccc3ccccc3c2)=C2C(=C1C(C=C1C=CC=CC1)CC)C1=C(CCCC1)CC2CCCC. The van der Waals surface area contributed by atoms with Crippen molar-refractivity contribution in [2.75, 3.05) is 0 Å². The number of rotatable bonds is 8. The van der Waals surface area contributed by atoms with Crippen LogP contribution in [0.5, 0.6) is 0 Å². The molecule has 4 aliphatic rings. The molecule has 41 heavy (non-hydrogen) atoms. The summed E-state index contributed by atoms with van der Waals surface area (Å²) < 4.78 is 0. The highest BCUT2D eigenvalue weighted by Gasteiger charge is 2.38. The van der Waals surface area contributed by atoms with Gasteiger partial charge in [0, 0.05) is 5.92 Å². The summed E-state index contributed by atoms with van der Waals surface area (Å²) >= 11 is 0. The molecular weight excluding hydrogens is 492 g/mol. The quantitative estimate of drug-likeness (QED) is 0.313. The second-order valence-electron chi connectivity index (χ2n) is 12.4. The van der Waals surface area contributed by atoms with Gasteiger partial charge in [-0.3, -0.25) is 0 Å². The highest BCUT2D eigenvalue weighted by atomic mass is 14.4. The normalized spacial score (nSPS) is 23.4. The van der Waals surface area contributed by atoms with E-state index in [-0.39, 0.29) is 0 Å². The number of hydrogen-bond acceptors (Lipinski definition) is 0. The Morgan fingerprint density at radius 2 is 1.83 bits per heavy atom. The van der Waals surface area contributed by atoms with Crippen LogP contribution in [0.2, 0.25) is 0 Å². The first-order valence-corrected chi connectivity index (χ1v) is 16.3. The number of benzene rings is 2. The third-order valence-electron chi connectivity index (χ3n) is 9.82. The van der Waals surface area contributed by atoms with Crippen molar-refractivity contribution in [1.82, 2.24) is 0 Å². The third kappa shape index (κ3) is 5.59. The van der Waals surface area contributed by atoms with Crippen LogP contribution in [-0.4, -0.2) is 0 Å². The van der Waals surface area contributed by atoms with Gasteiger partial charge in [0.1, 0.15) is 0 Å². The molecule has 0 saturated heterocycles. The molecule has 4 aliphatic carbocycles. The van der Waals surface area contributed by atoms with Crippen molar-refractivity contribution in [2.24, 2.45) is 11.8 Å². The van der Waals surface area contributed by atoms with E-state index >= 15 is 0 Å². The lowest BCUT2D eigenvalue weighted by Crippen LogP contribution is -2.26. The Morgan fingerprint density at radius 1 is 0.976 bits per heavy atom. The van der Waals surface area contributed by atoms with Crippen LogP contribution < -0.4 is 0 Å². The minimum absolute atomic E-state index is 0.413. The van der Waals surface area contributed by atoms with Gasteiger partial charge in [0.15, 0.2) is 0 Å². The lowest BCUT2D eigenvalue weighted by Gasteiger charge is -2.42. The van der Waals surface area contributed by atoms with Crippen molar-refractivity contribution in [2.45, 2.75) is 84.5 Å². The van der Waals surface area contributed by atoms with Crippen molar-refractivity contribution in [3.05, 3.63) is 136 Å². The molecule has 2 aromatic rings. The van der Waals surface area contributed by atoms with Gasteiger partial charge in [0.2, 0.25) is 0 Å². The zero-order valence-electron chi connectivity index (χ0n) is 25.2. The van der Waals surface area contributed by atoms with Crippen molar-refractivity contribution < 1.29 is 0 Å². The van der Waals surface area contributed by atoms with Gasteiger partial charge in [0.25, 0.3) is 0 Å². The molecule has 0 fully saturated rings. The first kappa shape index (κ1) is 27.8. The molecule has 210 valence electrons. The summed E-state index contributed by atoms with van der Waals surface area (Å²) in [7, 11) is 0. The smallest absolute Gasteiger partial charge is 0.00302 e. The van der Waals surface area contributed by atoms with E-state index in [0.29, 0.717) is 11.8 Å². The first-order valence-electron chi connectivity index (χ1n) is 16.3. The van der Waals surface area contributed by atoms with Crippen molar-refractivity contribution in [1.29, 1.82) is 0 Å². The molecule has 6 rings (SSSR count). The predicted molar refractivity (Wildman–Crippen MR) is 179 cm³/mol. The average Bonchev–Trinajstić information content (AvgIpc) is 3.02. The minimum atomic E-state index is 0.413. The number of hydrogen-bond donors (Lipinski definition) is 0. The largest absolute Gasteiger partial charge is 0.0991 e. The van der Waals surface area contributed by atoms with Gasteiger partial charge in [0.05, 0.1) is 0 Å². The van der Waals surface area contributed by atoms with Crippen molar-refractivity contribution in [3.63, 3.8) is 0 Å². The summed E-state index contributed by atoms with van der Waals surface area (Å²) in [5.74, 6) is 1.03. The molecule has 0 N–H and O–H groups in total. The Balaban J connectivity index is 1.64. The number of allylic oxidation sites excluding steroid dienone is 15. The van der Waals surface area contributed by atoms with Crippen LogP contribution in [0.1, 0.15) is 90.0 Å². The van der Waals surface area contributed by atoms with E-state index in [0.717, 1.165) is 19.3 Å². The molecule has 0 amide bonds. The molecule has 0 spiro atoms. The minimum Gasteiger partial charge on any atom is -0.0991 e. The van der Waals surface area contributed by atoms with Crippen LogP contribution in [0.15, 0.2) is 131 Å². The summed E-state index contributed by atoms with van der Waals surface area (Å²) in [5.41, 5.74) is 14.4. The van der Waals surface area contributed by atoms with Crippen molar-refractivity contribution >= 4 is 16.3 Å². The lowest BCUT2D eigenvalue weighted by atomic mass is 9.62. The van der Waals surface area contributed by atoms with E-state index in [4.69, 9.17) is 0 Å². The Hall–Kier alpha value is -3.38. The predicted octanol–water partition coefficient (Wildman–Crippen LogP) is 12.0. The summed E-state index contributed by atoms with van der Waals surface area (Å²) in [6.45, 7) is 8.95. The number of fused-ring (bicyclic) bond motifs is 3. The van der Waals surface area contributed by atoms with E-state index in [1.165, 1.54) is 78.8 Å². The van der Waals surface area contributed by atoms with Gasteiger partial charge in [-0.2, -0.15) is 0 Å². The van der Waals surface area contributed by atoms with Gasteiger partial charge < -0.3 is 0 Å². The Morgan fingerprint density at radius 3 is 2.61 bits per heavy atom. The van der Waals surface area contributed by atoms with E-state index in [1.54, 1.807) is 33.4 Å². The Bertz CT molecular complexity index is 1540. The first-order chi connectivity index (χ1) is 20.2. The molecule has 2 aromatic carbocycles. The van der Waals surface area contributed by atoms with Crippen LogP contribution in [0, 0.1) is 11.8 Å². The molecule has 0 heteroatoms. The Kier molecular flexibility index (Phi) is 8.56. The lowest BCUT2D eigenvalue weighted by molar-refractivity contribution is 0.488. The summed E-state index contributed by atoms with van der Waals surface area (Å²) in [6.07, 6.45) is 29.5. The second-order valence-corrected chi connectivity index (χ2v) is 12.4. The zero-order chi connectivity index (χ0) is 28.2. The van der Waals surface area contributed by atoms with Crippen LogP contribution in [-0.2, 0) is 0 Å². The summed E-state index contributed by atoms with van der Waals surface area (Å²) in [6, 6.07) is 16.0. The fraction of sp³-hybridized carbons (Fsp3) is 0.366. The molecule has 0 aliphatic heterocycles. The Labute approximate surface area is 248 Å². The maximum absolute atomic E-state index is 4.21. The average molecular weight is 539 g/mol. The van der Waals surface area contributed by atoms with Crippen LogP contribution in [0.4, 0.5) is 0 Å². The molecule has 0 nitrogen and oxygen atoms in total. The monoisotopic (exact) mass is 538 g/mol. The van der Waals surface area contributed by atoms with Gasteiger partial charge in [-0.15, -0.1) is 0 Å². The van der Waals surface area contributed by atoms with Gasteiger partial charge in [-0.25, -0.2) is 0 Å². The molecule has 0 saturated carbocycles. The van der Waals surface area contributed by atoms with E-state index in [2.05, 4.69) is 99.3 Å². The summed E-state index contributed by atoms with van der Waals surface area (Å²) in [4.78, 5) is 0. The molecule has 0 radical (unpaired) electrons. The highest BCUT2D eigenvalue weighted by molar-refractivity contribution is 5.90. The van der Waals surface area contributed by atoms with Crippen LogP contribution in [0.3, 0.4) is 0 Å². The van der Waals surface area contributed by atoms with E-state index < -0.39 is 0 Å². The summed E-state index contributed by atoms with van der Waals surface area (Å²) in [5, 5.41) is 2.67. The topological polar surface area (TPSA) is 0 Å². The van der Waals surface area contributed by atoms with Crippen LogP contribution >= 0.6 is 0 Å². The van der Waals surface area contributed by atoms with Gasteiger partial charge >= 0.3 is 0 Å². The highest BCUT2D eigenvalue weighted by Crippen LogP contribution is 2.55. The molecular formula is C41H46. The molecule has 0 bridgehead atoms. The molecule has 0 heterocycles. The van der Waals surface area contributed by atoms with Gasteiger partial charge in [-0.05, 0) is 125 Å². The fourth-order valence-corrected chi connectivity index (χ4v) is 7.87. The standard InChI is InChI=1S/C41H46/c1-4-7-18-36-27-33-21-13-14-22-37(33)41-39(30(6-3)25-29-16-9-8-10-17-29)35(15-5-2)28-38(40(36)41)34-24-23-31-19-11-12-20-32(31)26-34/h5,8-12,15-16,19-20,23-26,30,36H,2,4,6-7,13-14,17-18,21-22,27-28H2,1,3H3. The maximum atomic E-state index is 4.21.